The summed E-state index contributed by atoms with van der Waals surface area (Å²) in [5.41, 5.74) is 0. The number of thiophene rings is 1. The van der Waals surface area contributed by atoms with Crippen molar-refractivity contribution in [2.24, 2.45) is 0 Å². The summed E-state index contributed by atoms with van der Waals surface area (Å²) in [4.78, 5) is 12.9. The maximum absolute atomic E-state index is 11.7. The molecule has 1 aliphatic rings. The van der Waals surface area contributed by atoms with Crippen LogP contribution < -0.4 is 10.6 Å². The molecule has 0 aliphatic carbocycles. The molecule has 100 valence electrons. The lowest BCUT2D eigenvalue weighted by Gasteiger charge is -2.23. The maximum atomic E-state index is 11.7. The van der Waals surface area contributed by atoms with Gasteiger partial charge in [0.05, 0.1) is 12.1 Å². The Morgan fingerprint density at radius 3 is 3.06 bits per heavy atom. The van der Waals surface area contributed by atoms with Crippen LogP contribution in [0.5, 0.6) is 0 Å². The van der Waals surface area contributed by atoms with Crippen molar-refractivity contribution in [2.75, 3.05) is 19.7 Å². The smallest absolute Gasteiger partial charge is 0.246 e. The molecule has 0 saturated carbocycles. The molecule has 1 saturated heterocycles. The largest absolute Gasteiger partial charge is 0.368 e. The Balaban J connectivity index is 1.68. The van der Waals surface area contributed by atoms with Crippen molar-refractivity contribution < 1.29 is 9.53 Å². The number of carbonyl (C=O) groups is 1. The number of hydrogen-bond acceptors (Lipinski definition) is 4. The second-order valence-electron chi connectivity index (χ2n) is 4.56. The summed E-state index contributed by atoms with van der Waals surface area (Å²) in [6.45, 7) is 4.13. The first-order chi connectivity index (χ1) is 8.75. The van der Waals surface area contributed by atoms with Crippen molar-refractivity contribution in [1.29, 1.82) is 0 Å². The molecule has 1 aromatic rings. The molecular formula is C13H20N2O2S. The number of amides is 1. The molecular weight excluding hydrogens is 248 g/mol. The van der Waals surface area contributed by atoms with Gasteiger partial charge >= 0.3 is 0 Å². The first-order valence-electron chi connectivity index (χ1n) is 6.41. The van der Waals surface area contributed by atoms with Gasteiger partial charge in [-0.15, -0.1) is 11.3 Å². The van der Waals surface area contributed by atoms with Gasteiger partial charge in [0.1, 0.15) is 6.61 Å². The van der Waals surface area contributed by atoms with E-state index in [4.69, 9.17) is 4.74 Å². The van der Waals surface area contributed by atoms with Gasteiger partial charge in [-0.1, -0.05) is 6.07 Å². The number of ether oxygens (including phenoxy) is 1. The molecule has 1 aromatic heterocycles. The van der Waals surface area contributed by atoms with Gasteiger partial charge in [0.25, 0.3) is 0 Å². The van der Waals surface area contributed by atoms with Gasteiger partial charge in [-0.2, -0.15) is 0 Å². The summed E-state index contributed by atoms with van der Waals surface area (Å²) in [5.74, 6) is -0.0329. The van der Waals surface area contributed by atoms with Crippen LogP contribution in [-0.4, -0.2) is 31.7 Å². The molecule has 18 heavy (non-hydrogen) atoms. The van der Waals surface area contributed by atoms with Crippen LogP contribution in [-0.2, 0) is 9.53 Å². The van der Waals surface area contributed by atoms with Crippen molar-refractivity contribution >= 4 is 17.2 Å². The second-order valence-corrected chi connectivity index (χ2v) is 5.54. The molecule has 0 aromatic carbocycles. The van der Waals surface area contributed by atoms with Gasteiger partial charge in [-0.3, -0.25) is 4.79 Å². The lowest BCUT2D eigenvalue weighted by atomic mass is 10.1. The van der Waals surface area contributed by atoms with Gasteiger partial charge in [-0.25, -0.2) is 0 Å². The first-order valence-corrected chi connectivity index (χ1v) is 7.29. The van der Waals surface area contributed by atoms with Crippen LogP contribution >= 0.6 is 11.3 Å². The highest BCUT2D eigenvalue weighted by molar-refractivity contribution is 7.10. The van der Waals surface area contributed by atoms with Crippen LogP contribution in [0.15, 0.2) is 17.5 Å². The Hall–Kier alpha value is -0.910. The molecule has 1 amide bonds. The SMILES string of the molecule is CC(NC(=O)COC1CCNCC1)c1cccs1. The molecule has 2 N–H and O–H groups in total. The predicted octanol–water partition coefficient (Wildman–Crippen LogP) is 1.69. The Morgan fingerprint density at radius 1 is 1.61 bits per heavy atom. The number of nitrogens with one attached hydrogen (secondary N) is 2. The molecule has 1 fully saturated rings. The summed E-state index contributed by atoms with van der Waals surface area (Å²) in [7, 11) is 0. The van der Waals surface area contributed by atoms with Gasteiger partial charge in [0.2, 0.25) is 5.91 Å². The van der Waals surface area contributed by atoms with Crippen molar-refractivity contribution in [2.45, 2.75) is 31.9 Å². The Kier molecular flexibility index (Phi) is 5.16. The lowest BCUT2D eigenvalue weighted by Crippen LogP contribution is -2.36. The number of piperidine rings is 1. The standard InChI is InChI=1S/C13H20N2O2S/c1-10(12-3-2-8-18-12)15-13(16)9-17-11-4-6-14-7-5-11/h2-3,8,10-11,14H,4-7,9H2,1H3,(H,15,16). The third kappa shape index (κ3) is 4.08. The van der Waals surface area contributed by atoms with E-state index in [1.807, 2.05) is 24.4 Å². The molecule has 0 bridgehead atoms. The van der Waals surface area contributed by atoms with E-state index in [-0.39, 0.29) is 24.7 Å². The lowest BCUT2D eigenvalue weighted by molar-refractivity contribution is -0.128. The summed E-state index contributed by atoms with van der Waals surface area (Å²) in [6, 6.07) is 4.09. The van der Waals surface area contributed by atoms with Crippen LogP contribution in [0.3, 0.4) is 0 Å². The van der Waals surface area contributed by atoms with Crippen molar-refractivity contribution in [3.63, 3.8) is 0 Å². The normalized spacial score (nSPS) is 18.5. The monoisotopic (exact) mass is 268 g/mol. The van der Waals surface area contributed by atoms with Crippen LogP contribution in [0.4, 0.5) is 0 Å². The third-order valence-electron chi connectivity index (χ3n) is 3.08. The highest BCUT2D eigenvalue weighted by atomic mass is 32.1. The van der Waals surface area contributed by atoms with E-state index in [0.717, 1.165) is 25.9 Å². The molecule has 4 nitrogen and oxygen atoms in total. The Bertz CT molecular complexity index is 361. The van der Waals surface area contributed by atoms with Crippen LogP contribution in [0.2, 0.25) is 0 Å². The molecule has 2 rings (SSSR count). The van der Waals surface area contributed by atoms with E-state index in [0.29, 0.717) is 0 Å². The number of hydrogen-bond donors (Lipinski definition) is 2. The average Bonchev–Trinajstić information content (AvgIpc) is 2.91. The van der Waals surface area contributed by atoms with Crippen LogP contribution in [0.25, 0.3) is 0 Å². The van der Waals surface area contributed by atoms with E-state index >= 15 is 0 Å². The maximum Gasteiger partial charge on any atom is 0.246 e. The summed E-state index contributed by atoms with van der Waals surface area (Å²) in [5, 5.41) is 8.24. The van der Waals surface area contributed by atoms with E-state index in [2.05, 4.69) is 10.6 Å². The van der Waals surface area contributed by atoms with Crippen LogP contribution in [0, 0.1) is 0 Å². The minimum Gasteiger partial charge on any atom is -0.368 e. The Labute approximate surface area is 112 Å². The van der Waals surface area contributed by atoms with Gasteiger partial charge in [0, 0.05) is 4.88 Å². The quantitative estimate of drug-likeness (QED) is 0.854. The molecule has 1 atom stereocenters. The zero-order chi connectivity index (χ0) is 12.8. The van der Waals surface area contributed by atoms with Gasteiger partial charge < -0.3 is 15.4 Å². The van der Waals surface area contributed by atoms with Gasteiger partial charge in [0.15, 0.2) is 0 Å². The van der Waals surface area contributed by atoms with Crippen molar-refractivity contribution in [3.05, 3.63) is 22.4 Å². The minimum atomic E-state index is -0.0329. The summed E-state index contributed by atoms with van der Waals surface area (Å²) >= 11 is 1.66. The molecule has 2 heterocycles. The summed E-state index contributed by atoms with van der Waals surface area (Å²) in [6.07, 6.45) is 2.22. The fourth-order valence-electron chi connectivity index (χ4n) is 2.05. The molecule has 0 radical (unpaired) electrons. The molecule has 1 unspecified atom stereocenters. The summed E-state index contributed by atoms with van der Waals surface area (Å²) < 4.78 is 5.61. The average molecular weight is 268 g/mol. The molecule has 1 aliphatic heterocycles. The Morgan fingerprint density at radius 2 is 2.39 bits per heavy atom. The first kappa shape index (κ1) is 13.5. The fourth-order valence-corrected chi connectivity index (χ4v) is 2.78. The molecule has 5 heteroatoms. The van der Waals surface area contributed by atoms with Crippen LogP contribution in [0.1, 0.15) is 30.7 Å². The van der Waals surface area contributed by atoms with E-state index < -0.39 is 0 Å². The third-order valence-corrected chi connectivity index (χ3v) is 4.14. The van der Waals surface area contributed by atoms with Crippen molar-refractivity contribution in [3.8, 4) is 0 Å². The molecule has 0 spiro atoms. The highest BCUT2D eigenvalue weighted by Crippen LogP contribution is 2.17. The number of rotatable bonds is 5. The zero-order valence-corrected chi connectivity index (χ0v) is 11.5. The van der Waals surface area contributed by atoms with Gasteiger partial charge in [-0.05, 0) is 44.3 Å². The second kappa shape index (κ2) is 6.87. The highest BCUT2D eigenvalue weighted by Gasteiger charge is 2.16. The topological polar surface area (TPSA) is 50.4 Å². The fraction of sp³-hybridized carbons (Fsp3) is 0.615. The van der Waals surface area contributed by atoms with E-state index in [9.17, 15) is 4.79 Å². The zero-order valence-electron chi connectivity index (χ0n) is 10.6. The predicted molar refractivity (Wildman–Crippen MR) is 72.7 cm³/mol. The minimum absolute atomic E-state index is 0.0329. The van der Waals surface area contributed by atoms with E-state index in [1.165, 1.54) is 4.88 Å². The van der Waals surface area contributed by atoms with Crippen molar-refractivity contribution in [1.82, 2.24) is 10.6 Å². The number of carbonyl (C=O) groups excluding carboxylic acids is 1. The van der Waals surface area contributed by atoms with E-state index in [1.54, 1.807) is 11.3 Å².